The Morgan fingerprint density at radius 3 is 2.57 bits per heavy atom. The van der Waals surface area contributed by atoms with Crippen LogP contribution in [0.1, 0.15) is 32.6 Å². The average Bonchev–Trinajstić information content (AvgIpc) is 2.43. The van der Waals surface area contributed by atoms with Crippen molar-refractivity contribution in [2.24, 2.45) is 5.92 Å². The summed E-state index contributed by atoms with van der Waals surface area (Å²) >= 11 is 0. The summed E-state index contributed by atoms with van der Waals surface area (Å²) in [5, 5.41) is 10.3. The first-order chi connectivity index (χ1) is 9.72. The molecule has 0 unspecified atom stereocenters. The van der Waals surface area contributed by atoms with E-state index in [1.54, 1.807) is 0 Å². The Bertz CT molecular complexity index is 611. The Morgan fingerprint density at radius 2 is 1.95 bits per heavy atom. The van der Waals surface area contributed by atoms with Gasteiger partial charge in [-0.25, -0.2) is 21.9 Å². The molecule has 1 aromatic rings. The molecule has 1 aromatic carbocycles. The summed E-state index contributed by atoms with van der Waals surface area (Å²) in [6, 6.07) is 2.25. The zero-order chi connectivity index (χ0) is 15.7. The van der Waals surface area contributed by atoms with Crippen LogP contribution in [0.5, 0.6) is 0 Å². The van der Waals surface area contributed by atoms with E-state index in [1.807, 2.05) is 0 Å². The van der Waals surface area contributed by atoms with E-state index in [9.17, 15) is 22.3 Å². The lowest BCUT2D eigenvalue weighted by Gasteiger charge is -2.34. The zero-order valence-corrected chi connectivity index (χ0v) is 12.6. The largest absolute Gasteiger partial charge is 0.389 e. The highest BCUT2D eigenvalue weighted by Gasteiger charge is 2.33. The van der Waals surface area contributed by atoms with Gasteiger partial charge in [0.25, 0.3) is 0 Å². The van der Waals surface area contributed by atoms with Crippen molar-refractivity contribution in [1.82, 2.24) is 4.72 Å². The fraction of sp³-hybridized carbons (Fsp3) is 0.571. The van der Waals surface area contributed by atoms with Gasteiger partial charge in [-0.05, 0) is 49.8 Å². The summed E-state index contributed by atoms with van der Waals surface area (Å²) < 4.78 is 52.8. The zero-order valence-electron chi connectivity index (χ0n) is 11.8. The van der Waals surface area contributed by atoms with Crippen molar-refractivity contribution in [2.75, 3.05) is 6.54 Å². The Hall–Kier alpha value is -1.05. The van der Waals surface area contributed by atoms with E-state index in [2.05, 4.69) is 11.6 Å². The monoisotopic (exact) mass is 319 g/mol. The minimum Gasteiger partial charge on any atom is -0.389 e. The van der Waals surface area contributed by atoms with Gasteiger partial charge in [-0.3, -0.25) is 0 Å². The molecule has 1 saturated carbocycles. The molecule has 4 nitrogen and oxygen atoms in total. The van der Waals surface area contributed by atoms with Gasteiger partial charge in [-0.1, -0.05) is 6.92 Å². The second kappa shape index (κ2) is 5.98. The third kappa shape index (κ3) is 3.99. The standard InChI is InChI=1S/C14H19F2NO3S/c1-10-4-6-14(18,7-5-10)9-17-21(19,20)13-8-11(15)2-3-12(13)16/h2-3,8,10,17-18H,4-7,9H2,1H3. The maximum Gasteiger partial charge on any atom is 0.243 e. The number of sulfonamides is 1. The van der Waals surface area contributed by atoms with Crippen LogP contribution in [0.25, 0.3) is 0 Å². The van der Waals surface area contributed by atoms with E-state index in [-0.39, 0.29) is 6.54 Å². The molecular formula is C14H19F2NO3S. The van der Waals surface area contributed by atoms with Crippen LogP contribution < -0.4 is 4.72 Å². The number of benzene rings is 1. The van der Waals surface area contributed by atoms with Gasteiger partial charge in [0.15, 0.2) is 0 Å². The quantitative estimate of drug-likeness (QED) is 0.894. The van der Waals surface area contributed by atoms with Gasteiger partial charge in [0.1, 0.15) is 16.5 Å². The number of hydrogen-bond acceptors (Lipinski definition) is 3. The molecule has 0 spiro atoms. The van der Waals surface area contributed by atoms with Crippen molar-refractivity contribution in [2.45, 2.75) is 43.1 Å². The highest BCUT2D eigenvalue weighted by Crippen LogP contribution is 2.31. The smallest absolute Gasteiger partial charge is 0.243 e. The van der Waals surface area contributed by atoms with Gasteiger partial charge < -0.3 is 5.11 Å². The average molecular weight is 319 g/mol. The second-order valence-corrected chi connectivity index (χ2v) is 7.54. The van der Waals surface area contributed by atoms with Crippen LogP contribution >= 0.6 is 0 Å². The first-order valence-electron chi connectivity index (χ1n) is 6.89. The number of halogens is 2. The Labute approximate surface area is 123 Å². The molecule has 0 saturated heterocycles. The maximum atomic E-state index is 13.5. The molecule has 1 fully saturated rings. The Balaban J connectivity index is 2.09. The SMILES string of the molecule is CC1CCC(O)(CNS(=O)(=O)c2cc(F)ccc2F)CC1. The molecule has 0 atom stereocenters. The molecule has 0 amide bonds. The number of rotatable bonds is 4. The van der Waals surface area contributed by atoms with E-state index >= 15 is 0 Å². The second-order valence-electron chi connectivity index (χ2n) is 5.81. The van der Waals surface area contributed by atoms with Crippen LogP contribution in [-0.4, -0.2) is 25.7 Å². The van der Waals surface area contributed by atoms with Crippen LogP contribution in [0.4, 0.5) is 8.78 Å². The van der Waals surface area contributed by atoms with Crippen LogP contribution in [-0.2, 0) is 10.0 Å². The minimum atomic E-state index is -4.19. The highest BCUT2D eigenvalue weighted by molar-refractivity contribution is 7.89. The van der Waals surface area contributed by atoms with Crippen molar-refractivity contribution in [3.8, 4) is 0 Å². The van der Waals surface area contributed by atoms with E-state index in [1.165, 1.54) is 0 Å². The van der Waals surface area contributed by atoms with Crippen LogP contribution in [0.15, 0.2) is 23.1 Å². The van der Waals surface area contributed by atoms with E-state index in [4.69, 9.17) is 0 Å². The molecule has 21 heavy (non-hydrogen) atoms. The molecule has 0 radical (unpaired) electrons. The maximum absolute atomic E-state index is 13.5. The molecule has 1 aliphatic carbocycles. The van der Waals surface area contributed by atoms with E-state index < -0.39 is 32.2 Å². The normalized spacial score (nSPS) is 26.8. The van der Waals surface area contributed by atoms with E-state index in [0.29, 0.717) is 24.8 Å². The van der Waals surface area contributed by atoms with Gasteiger partial charge in [-0.15, -0.1) is 0 Å². The lowest BCUT2D eigenvalue weighted by Crippen LogP contribution is -2.45. The molecule has 7 heteroatoms. The first kappa shape index (κ1) is 16.3. The van der Waals surface area contributed by atoms with Crippen molar-refractivity contribution in [3.63, 3.8) is 0 Å². The van der Waals surface area contributed by atoms with Crippen LogP contribution in [0, 0.1) is 17.6 Å². The highest BCUT2D eigenvalue weighted by atomic mass is 32.2. The third-order valence-corrected chi connectivity index (χ3v) is 5.40. The summed E-state index contributed by atoms with van der Waals surface area (Å²) in [5.74, 6) is -1.35. The lowest BCUT2D eigenvalue weighted by molar-refractivity contribution is -0.00183. The lowest BCUT2D eigenvalue weighted by atomic mass is 9.80. The third-order valence-electron chi connectivity index (χ3n) is 3.98. The number of nitrogens with one attached hydrogen (secondary N) is 1. The van der Waals surface area contributed by atoms with Gasteiger partial charge in [0.2, 0.25) is 10.0 Å². The molecule has 0 bridgehead atoms. The van der Waals surface area contributed by atoms with Crippen molar-refractivity contribution in [1.29, 1.82) is 0 Å². The minimum absolute atomic E-state index is 0.196. The number of aliphatic hydroxyl groups is 1. The van der Waals surface area contributed by atoms with Crippen molar-refractivity contribution in [3.05, 3.63) is 29.8 Å². The summed E-state index contributed by atoms with van der Waals surface area (Å²) in [5.41, 5.74) is -1.12. The van der Waals surface area contributed by atoms with Crippen molar-refractivity contribution >= 4 is 10.0 Å². The molecular weight excluding hydrogens is 300 g/mol. The fourth-order valence-corrected chi connectivity index (χ4v) is 3.67. The molecule has 2 N–H and O–H groups in total. The Morgan fingerprint density at radius 1 is 1.33 bits per heavy atom. The van der Waals surface area contributed by atoms with Crippen molar-refractivity contribution < 1.29 is 22.3 Å². The first-order valence-corrected chi connectivity index (χ1v) is 8.37. The topological polar surface area (TPSA) is 66.4 Å². The van der Waals surface area contributed by atoms with Gasteiger partial charge in [-0.2, -0.15) is 0 Å². The van der Waals surface area contributed by atoms with Crippen LogP contribution in [0.3, 0.4) is 0 Å². The summed E-state index contributed by atoms with van der Waals surface area (Å²) in [6.45, 7) is 1.88. The number of hydrogen-bond donors (Lipinski definition) is 2. The predicted molar refractivity (Wildman–Crippen MR) is 74.1 cm³/mol. The van der Waals surface area contributed by atoms with Crippen LogP contribution in [0.2, 0.25) is 0 Å². The Kier molecular flexibility index (Phi) is 4.65. The van der Waals surface area contributed by atoms with Gasteiger partial charge >= 0.3 is 0 Å². The molecule has 1 aliphatic rings. The predicted octanol–water partition coefficient (Wildman–Crippen LogP) is 2.18. The molecule has 0 heterocycles. The molecule has 0 aliphatic heterocycles. The molecule has 2 rings (SSSR count). The summed E-state index contributed by atoms with van der Waals surface area (Å²) in [7, 11) is -4.19. The summed E-state index contributed by atoms with van der Waals surface area (Å²) in [4.78, 5) is -0.740. The summed E-state index contributed by atoms with van der Waals surface area (Å²) in [6.07, 6.45) is 2.60. The molecule has 0 aromatic heterocycles. The molecule has 118 valence electrons. The fourth-order valence-electron chi connectivity index (χ4n) is 2.47. The van der Waals surface area contributed by atoms with Gasteiger partial charge in [0, 0.05) is 6.54 Å². The van der Waals surface area contributed by atoms with Gasteiger partial charge in [0.05, 0.1) is 5.60 Å². The van der Waals surface area contributed by atoms with E-state index in [0.717, 1.165) is 25.0 Å².